The largest absolute Gasteiger partial charge is 0.495 e. The van der Waals surface area contributed by atoms with Crippen LogP contribution in [0.4, 0.5) is 0 Å². The van der Waals surface area contributed by atoms with Crippen LogP contribution in [0.25, 0.3) is 0 Å². The van der Waals surface area contributed by atoms with Crippen LogP contribution in [0.5, 0.6) is 5.75 Å². The highest BCUT2D eigenvalue weighted by molar-refractivity contribution is 7.96. The minimum absolute atomic E-state index is 0.00393. The van der Waals surface area contributed by atoms with Crippen molar-refractivity contribution in [2.45, 2.75) is 30.0 Å². The molecule has 8 nitrogen and oxygen atoms in total. The third-order valence-electron chi connectivity index (χ3n) is 4.23. The number of ether oxygens (including phenoxy) is 1. The fourth-order valence-electron chi connectivity index (χ4n) is 2.98. The number of methoxy groups -OCH3 is 1. The van der Waals surface area contributed by atoms with E-state index in [1.54, 1.807) is 19.1 Å². The quantitative estimate of drug-likeness (QED) is 0.597. The highest BCUT2D eigenvalue weighted by atomic mass is 32.2. The van der Waals surface area contributed by atoms with Crippen LogP contribution in [0.15, 0.2) is 23.1 Å². The zero-order valence-electron chi connectivity index (χ0n) is 15.0. The van der Waals surface area contributed by atoms with Crippen molar-refractivity contribution in [2.24, 2.45) is 0 Å². The van der Waals surface area contributed by atoms with E-state index in [1.165, 1.54) is 20.1 Å². The Kier molecular flexibility index (Phi) is 6.30. The lowest BCUT2D eigenvalue weighted by Crippen LogP contribution is -2.45. The van der Waals surface area contributed by atoms with Gasteiger partial charge in [-0.05, 0) is 24.6 Å². The molecule has 10 heteroatoms. The summed E-state index contributed by atoms with van der Waals surface area (Å²) in [7, 11) is -6.05. The number of hydrogen-bond acceptors (Lipinski definition) is 7. The maximum Gasteiger partial charge on any atom is 0.216 e. The molecular weight excluding hydrogens is 380 g/mol. The number of carbonyl (C=O) groups excluding carboxylic acids is 1. The Hall–Kier alpha value is -1.65. The molecule has 1 fully saturated rings. The summed E-state index contributed by atoms with van der Waals surface area (Å²) in [5, 5.41) is 4.43. The van der Waals surface area contributed by atoms with Gasteiger partial charge in [0.25, 0.3) is 0 Å². The van der Waals surface area contributed by atoms with Gasteiger partial charge in [0.2, 0.25) is 5.91 Å². The van der Waals surface area contributed by atoms with Gasteiger partial charge >= 0.3 is 0 Å². The number of sulfone groups is 2. The van der Waals surface area contributed by atoms with Gasteiger partial charge in [-0.2, -0.15) is 0 Å². The zero-order valence-corrected chi connectivity index (χ0v) is 16.6. The molecule has 1 aromatic carbocycles. The summed E-state index contributed by atoms with van der Waals surface area (Å²) in [4.78, 5) is 10.9. The van der Waals surface area contributed by atoms with Gasteiger partial charge in [-0.15, -0.1) is 0 Å². The van der Waals surface area contributed by atoms with Crippen molar-refractivity contribution in [1.29, 1.82) is 0 Å². The Balaban J connectivity index is 2.30. The van der Waals surface area contributed by atoms with Crippen molar-refractivity contribution < 1.29 is 26.4 Å². The molecule has 1 aliphatic heterocycles. The standard InChI is InChI=1S/C16H24N2O6S2/c1-11-4-5-14(24-3)15(8-11)26(22,23)16-10-25(20,21)9-13(16)18-7-6-17-12(2)19/h4-5,8,13,16,18H,6-7,9-10H2,1-3H3,(H,17,19)/t13-,16-/m0/s1. The Morgan fingerprint density at radius 1 is 1.27 bits per heavy atom. The van der Waals surface area contributed by atoms with Crippen LogP contribution >= 0.6 is 0 Å². The summed E-state index contributed by atoms with van der Waals surface area (Å²) >= 11 is 0. The van der Waals surface area contributed by atoms with E-state index in [0.29, 0.717) is 0 Å². The topological polar surface area (TPSA) is 119 Å². The van der Waals surface area contributed by atoms with Crippen molar-refractivity contribution in [1.82, 2.24) is 10.6 Å². The van der Waals surface area contributed by atoms with Gasteiger partial charge in [0.1, 0.15) is 10.6 Å². The second-order valence-corrected chi connectivity index (χ2v) is 10.6. The molecule has 0 spiro atoms. The highest BCUT2D eigenvalue weighted by Gasteiger charge is 2.46. The van der Waals surface area contributed by atoms with Gasteiger partial charge in [0.05, 0.1) is 23.9 Å². The molecule has 0 aliphatic carbocycles. The summed E-state index contributed by atoms with van der Waals surface area (Å²) in [6.07, 6.45) is 0. The zero-order chi connectivity index (χ0) is 19.5. The van der Waals surface area contributed by atoms with E-state index in [1.807, 2.05) is 0 Å². The number of hydrogen-bond donors (Lipinski definition) is 2. The van der Waals surface area contributed by atoms with Gasteiger partial charge in [-0.3, -0.25) is 4.79 Å². The highest BCUT2D eigenvalue weighted by Crippen LogP contribution is 2.32. The first-order chi connectivity index (χ1) is 12.1. The lowest BCUT2D eigenvalue weighted by Gasteiger charge is -2.21. The first kappa shape index (κ1) is 20.7. The molecule has 2 N–H and O–H groups in total. The lowest BCUT2D eigenvalue weighted by atomic mass is 10.2. The predicted molar refractivity (Wildman–Crippen MR) is 97.8 cm³/mol. The number of nitrogens with one attached hydrogen (secondary N) is 2. The number of amides is 1. The molecule has 0 saturated carbocycles. The van der Waals surface area contributed by atoms with Crippen LogP contribution in [0.3, 0.4) is 0 Å². The number of aryl methyl sites for hydroxylation is 1. The van der Waals surface area contributed by atoms with Crippen molar-refractivity contribution in [3.8, 4) is 5.75 Å². The summed E-state index contributed by atoms with van der Waals surface area (Å²) in [5.74, 6) is -0.716. The van der Waals surface area contributed by atoms with Crippen LogP contribution in [-0.2, 0) is 24.5 Å². The Morgan fingerprint density at radius 3 is 2.58 bits per heavy atom. The average molecular weight is 405 g/mol. The van der Waals surface area contributed by atoms with Gasteiger partial charge in [0.15, 0.2) is 19.7 Å². The molecule has 0 bridgehead atoms. The monoisotopic (exact) mass is 404 g/mol. The second-order valence-electron chi connectivity index (χ2n) is 6.36. The molecule has 0 radical (unpaired) electrons. The minimum atomic E-state index is -3.93. The van der Waals surface area contributed by atoms with E-state index in [2.05, 4.69) is 10.6 Å². The van der Waals surface area contributed by atoms with Crippen molar-refractivity contribution in [3.05, 3.63) is 23.8 Å². The Morgan fingerprint density at radius 2 is 1.96 bits per heavy atom. The van der Waals surface area contributed by atoms with E-state index in [9.17, 15) is 21.6 Å². The summed E-state index contributed by atoms with van der Waals surface area (Å²) < 4.78 is 55.6. The van der Waals surface area contributed by atoms with Crippen molar-refractivity contribution in [2.75, 3.05) is 31.7 Å². The molecule has 2 atom stereocenters. The van der Waals surface area contributed by atoms with E-state index in [-0.39, 0.29) is 35.4 Å². The van der Waals surface area contributed by atoms with E-state index >= 15 is 0 Å². The fraction of sp³-hybridized carbons (Fsp3) is 0.562. The van der Waals surface area contributed by atoms with Gasteiger partial charge in [-0.1, -0.05) is 6.07 Å². The van der Waals surface area contributed by atoms with Crippen LogP contribution < -0.4 is 15.4 Å². The smallest absolute Gasteiger partial charge is 0.216 e. The molecule has 1 saturated heterocycles. The van der Waals surface area contributed by atoms with Crippen LogP contribution in [0, 0.1) is 6.92 Å². The van der Waals surface area contributed by atoms with E-state index < -0.39 is 36.7 Å². The van der Waals surface area contributed by atoms with E-state index in [0.717, 1.165) is 5.56 Å². The summed E-state index contributed by atoms with van der Waals surface area (Å²) in [6, 6.07) is 4.04. The fourth-order valence-corrected chi connectivity index (χ4v) is 7.94. The lowest BCUT2D eigenvalue weighted by molar-refractivity contribution is -0.118. The number of benzene rings is 1. The first-order valence-corrected chi connectivity index (χ1v) is 11.5. The molecule has 1 aliphatic rings. The molecule has 146 valence electrons. The van der Waals surface area contributed by atoms with Gasteiger partial charge < -0.3 is 15.4 Å². The maximum atomic E-state index is 13.2. The third kappa shape index (κ3) is 4.74. The predicted octanol–water partition coefficient (Wildman–Crippen LogP) is -0.331. The molecule has 1 amide bonds. The molecular formula is C16H24N2O6S2. The molecule has 2 rings (SSSR count). The molecule has 0 unspecified atom stereocenters. The summed E-state index contributed by atoms with van der Waals surface area (Å²) in [5.41, 5.74) is 0.736. The molecule has 26 heavy (non-hydrogen) atoms. The van der Waals surface area contributed by atoms with Gasteiger partial charge in [0, 0.05) is 26.1 Å². The van der Waals surface area contributed by atoms with Crippen LogP contribution in [0.1, 0.15) is 12.5 Å². The Labute approximate surface area is 154 Å². The first-order valence-electron chi connectivity index (χ1n) is 8.13. The average Bonchev–Trinajstić information content (AvgIpc) is 2.87. The minimum Gasteiger partial charge on any atom is -0.495 e. The van der Waals surface area contributed by atoms with Crippen LogP contribution in [-0.4, -0.2) is 65.7 Å². The SMILES string of the molecule is COc1ccc(C)cc1S(=O)(=O)[C@H]1CS(=O)(=O)C[C@@H]1NCCNC(C)=O. The summed E-state index contributed by atoms with van der Waals surface area (Å²) in [6.45, 7) is 3.69. The van der Waals surface area contributed by atoms with Crippen molar-refractivity contribution >= 4 is 25.6 Å². The molecule has 0 aromatic heterocycles. The number of carbonyl (C=O) groups is 1. The van der Waals surface area contributed by atoms with Gasteiger partial charge in [-0.25, -0.2) is 16.8 Å². The normalized spacial score (nSPS) is 22.1. The van der Waals surface area contributed by atoms with Crippen molar-refractivity contribution in [3.63, 3.8) is 0 Å². The van der Waals surface area contributed by atoms with Crippen LogP contribution in [0.2, 0.25) is 0 Å². The Bertz CT molecular complexity index is 880. The maximum absolute atomic E-state index is 13.2. The third-order valence-corrected chi connectivity index (χ3v) is 8.40. The number of rotatable bonds is 7. The van der Waals surface area contributed by atoms with E-state index in [4.69, 9.17) is 4.74 Å². The molecule has 1 aromatic rings. The second kappa shape index (κ2) is 7.93. The molecule has 1 heterocycles.